The van der Waals surface area contributed by atoms with Crippen LogP contribution < -0.4 is 11.1 Å². The van der Waals surface area contributed by atoms with Gasteiger partial charge in [-0.05, 0) is 29.4 Å². The molecule has 1 aromatic rings. The Morgan fingerprint density at radius 3 is 2.74 bits per heavy atom. The first-order valence-electron chi connectivity index (χ1n) is 6.38. The molecule has 5 heteroatoms. The quantitative estimate of drug-likeness (QED) is 0.812. The molecule has 1 unspecified atom stereocenters. The molecule has 2 rings (SSSR count). The van der Waals surface area contributed by atoms with Crippen LogP contribution in [0.1, 0.15) is 17.5 Å². The van der Waals surface area contributed by atoms with Gasteiger partial charge in [-0.3, -0.25) is 4.79 Å². The molecule has 0 aromatic heterocycles. The van der Waals surface area contributed by atoms with Crippen LogP contribution in [0.5, 0.6) is 0 Å². The smallest absolute Gasteiger partial charge is 0.224 e. The summed E-state index contributed by atoms with van der Waals surface area (Å²) in [5.41, 5.74) is 7.35. The molecule has 1 heterocycles. The Kier molecular flexibility index (Phi) is 5.22. The van der Waals surface area contributed by atoms with E-state index in [4.69, 9.17) is 18.0 Å². The molecule has 0 radical (unpaired) electrons. The second-order valence-corrected chi connectivity index (χ2v) is 6.36. The van der Waals surface area contributed by atoms with E-state index in [1.165, 1.54) is 17.9 Å². The Balaban J connectivity index is 1.79. The zero-order chi connectivity index (χ0) is 13.7. The fourth-order valence-electron chi connectivity index (χ4n) is 2.04. The van der Waals surface area contributed by atoms with Crippen LogP contribution in [0.3, 0.4) is 0 Å². The van der Waals surface area contributed by atoms with E-state index in [0.29, 0.717) is 17.3 Å². The largest absolute Gasteiger partial charge is 0.389 e. The first-order valence-corrected chi connectivity index (χ1v) is 7.94. The predicted octanol–water partition coefficient (Wildman–Crippen LogP) is 1.73. The van der Waals surface area contributed by atoms with E-state index < -0.39 is 0 Å². The molecule has 1 atom stereocenters. The Bertz CT molecular complexity index is 453. The van der Waals surface area contributed by atoms with Gasteiger partial charge in [-0.2, -0.15) is 11.8 Å². The predicted molar refractivity (Wildman–Crippen MR) is 84.5 cm³/mol. The summed E-state index contributed by atoms with van der Waals surface area (Å²) in [4.78, 5) is 12.2. The minimum atomic E-state index is 0.0833. The standard InChI is InChI=1S/C14H18N2OS2/c15-14(18)12-3-1-10(2-4-12)7-13(17)16-8-11-5-6-19-9-11/h1-4,11H,5-9H2,(H2,15,18)(H,16,17). The van der Waals surface area contributed by atoms with Crippen molar-refractivity contribution in [2.75, 3.05) is 18.1 Å². The number of rotatable bonds is 5. The van der Waals surface area contributed by atoms with E-state index in [1.807, 2.05) is 36.0 Å². The number of nitrogens with one attached hydrogen (secondary N) is 1. The lowest BCUT2D eigenvalue weighted by Gasteiger charge is -2.10. The molecule has 0 bridgehead atoms. The van der Waals surface area contributed by atoms with Gasteiger partial charge in [0, 0.05) is 12.1 Å². The highest BCUT2D eigenvalue weighted by Gasteiger charge is 2.16. The molecule has 1 aliphatic heterocycles. The molecule has 1 aromatic carbocycles. The molecule has 1 aliphatic rings. The van der Waals surface area contributed by atoms with Gasteiger partial charge >= 0.3 is 0 Å². The monoisotopic (exact) mass is 294 g/mol. The topological polar surface area (TPSA) is 55.1 Å². The molecule has 1 amide bonds. The Morgan fingerprint density at radius 1 is 1.42 bits per heavy atom. The van der Waals surface area contributed by atoms with E-state index in [9.17, 15) is 4.79 Å². The number of thioether (sulfide) groups is 1. The number of hydrogen-bond acceptors (Lipinski definition) is 3. The van der Waals surface area contributed by atoms with Crippen molar-refractivity contribution in [1.82, 2.24) is 5.32 Å². The van der Waals surface area contributed by atoms with E-state index in [-0.39, 0.29) is 5.91 Å². The number of hydrogen-bond donors (Lipinski definition) is 2. The van der Waals surface area contributed by atoms with Crippen molar-refractivity contribution in [2.45, 2.75) is 12.8 Å². The first-order chi connectivity index (χ1) is 9.15. The van der Waals surface area contributed by atoms with Crippen LogP contribution in [0.25, 0.3) is 0 Å². The van der Waals surface area contributed by atoms with Crippen molar-refractivity contribution in [3.63, 3.8) is 0 Å². The lowest BCUT2D eigenvalue weighted by atomic mass is 10.1. The van der Waals surface area contributed by atoms with Gasteiger partial charge < -0.3 is 11.1 Å². The van der Waals surface area contributed by atoms with Crippen molar-refractivity contribution in [3.05, 3.63) is 35.4 Å². The molecule has 3 nitrogen and oxygen atoms in total. The van der Waals surface area contributed by atoms with Crippen molar-refractivity contribution in [3.8, 4) is 0 Å². The summed E-state index contributed by atoms with van der Waals surface area (Å²) in [6.07, 6.45) is 1.63. The molecule has 19 heavy (non-hydrogen) atoms. The van der Waals surface area contributed by atoms with Crippen molar-refractivity contribution in [1.29, 1.82) is 0 Å². The highest BCUT2D eigenvalue weighted by atomic mass is 32.2. The molecule has 3 N–H and O–H groups in total. The van der Waals surface area contributed by atoms with Gasteiger partial charge in [0.05, 0.1) is 6.42 Å². The number of benzene rings is 1. The number of carbonyl (C=O) groups is 1. The normalized spacial score (nSPS) is 18.2. The average molecular weight is 294 g/mol. The van der Waals surface area contributed by atoms with Gasteiger partial charge in [0.25, 0.3) is 0 Å². The number of nitrogens with two attached hydrogens (primary N) is 1. The number of amides is 1. The lowest BCUT2D eigenvalue weighted by molar-refractivity contribution is -0.120. The van der Waals surface area contributed by atoms with Crippen molar-refractivity contribution in [2.24, 2.45) is 11.7 Å². The van der Waals surface area contributed by atoms with Gasteiger partial charge in [-0.25, -0.2) is 0 Å². The van der Waals surface area contributed by atoms with Crippen LogP contribution in [-0.4, -0.2) is 28.9 Å². The third-order valence-corrected chi connectivity index (χ3v) is 4.68. The zero-order valence-electron chi connectivity index (χ0n) is 10.7. The molecule has 1 fully saturated rings. The summed E-state index contributed by atoms with van der Waals surface area (Å²) in [5, 5.41) is 3.01. The maximum Gasteiger partial charge on any atom is 0.224 e. The van der Waals surface area contributed by atoms with E-state index in [1.54, 1.807) is 0 Å². The second-order valence-electron chi connectivity index (χ2n) is 4.77. The van der Waals surface area contributed by atoms with Gasteiger partial charge in [0.15, 0.2) is 0 Å². The molecule has 0 aliphatic carbocycles. The highest BCUT2D eigenvalue weighted by molar-refractivity contribution is 7.99. The van der Waals surface area contributed by atoms with Crippen LogP contribution >= 0.6 is 24.0 Å². The van der Waals surface area contributed by atoms with Gasteiger partial charge in [-0.15, -0.1) is 0 Å². The fraction of sp³-hybridized carbons (Fsp3) is 0.429. The maximum atomic E-state index is 11.8. The fourth-order valence-corrected chi connectivity index (χ4v) is 3.46. The Hall–Kier alpha value is -1.07. The third-order valence-electron chi connectivity index (χ3n) is 3.22. The van der Waals surface area contributed by atoms with Crippen LogP contribution in [0.15, 0.2) is 24.3 Å². The third kappa shape index (κ3) is 4.51. The molecule has 0 saturated carbocycles. The summed E-state index contributed by atoms with van der Waals surface area (Å²) in [5.74, 6) is 3.12. The molecular formula is C14H18N2OS2. The average Bonchev–Trinajstić information content (AvgIpc) is 2.90. The van der Waals surface area contributed by atoms with Crippen LogP contribution in [0.2, 0.25) is 0 Å². The van der Waals surface area contributed by atoms with Crippen LogP contribution in [0, 0.1) is 5.92 Å². The van der Waals surface area contributed by atoms with Gasteiger partial charge in [-0.1, -0.05) is 36.5 Å². The zero-order valence-corrected chi connectivity index (χ0v) is 12.4. The number of thiocarbonyl (C=S) groups is 1. The first kappa shape index (κ1) is 14.3. The van der Waals surface area contributed by atoms with Crippen molar-refractivity contribution < 1.29 is 4.79 Å². The van der Waals surface area contributed by atoms with Crippen LogP contribution in [0.4, 0.5) is 0 Å². The van der Waals surface area contributed by atoms with E-state index in [2.05, 4.69) is 5.32 Å². The van der Waals surface area contributed by atoms with Gasteiger partial charge in [0.2, 0.25) is 5.91 Å². The number of carbonyl (C=O) groups excluding carboxylic acids is 1. The lowest BCUT2D eigenvalue weighted by Crippen LogP contribution is -2.30. The van der Waals surface area contributed by atoms with Crippen LogP contribution in [-0.2, 0) is 11.2 Å². The minimum Gasteiger partial charge on any atom is -0.389 e. The molecule has 0 spiro atoms. The minimum absolute atomic E-state index is 0.0833. The van der Waals surface area contributed by atoms with E-state index >= 15 is 0 Å². The van der Waals surface area contributed by atoms with Gasteiger partial charge in [0.1, 0.15) is 4.99 Å². The Morgan fingerprint density at radius 2 is 2.16 bits per heavy atom. The summed E-state index contributed by atoms with van der Waals surface area (Å²) >= 11 is 6.86. The summed E-state index contributed by atoms with van der Waals surface area (Å²) in [6.45, 7) is 0.802. The molecule has 1 saturated heterocycles. The summed E-state index contributed by atoms with van der Waals surface area (Å²) < 4.78 is 0. The SMILES string of the molecule is NC(=S)c1ccc(CC(=O)NCC2CCSC2)cc1. The van der Waals surface area contributed by atoms with Crippen molar-refractivity contribution >= 4 is 34.9 Å². The summed E-state index contributed by atoms with van der Waals surface area (Å²) in [6, 6.07) is 7.52. The van der Waals surface area contributed by atoms with E-state index in [0.717, 1.165) is 17.7 Å². The molecular weight excluding hydrogens is 276 g/mol. The summed E-state index contributed by atoms with van der Waals surface area (Å²) in [7, 11) is 0. The highest BCUT2D eigenvalue weighted by Crippen LogP contribution is 2.22. The second kappa shape index (κ2) is 6.91. The molecule has 102 valence electrons. The Labute approximate surface area is 123 Å². The maximum absolute atomic E-state index is 11.8.